The Hall–Kier alpha value is -1.85. The van der Waals surface area contributed by atoms with Crippen LogP contribution in [0.4, 0.5) is 0 Å². The van der Waals surface area contributed by atoms with Gasteiger partial charge in [0.15, 0.2) is 0 Å². The van der Waals surface area contributed by atoms with E-state index in [0.717, 1.165) is 0 Å². The summed E-state index contributed by atoms with van der Waals surface area (Å²) in [6, 6.07) is -0.402. The number of carbonyl (C=O) groups is 2. The molecule has 0 bridgehead atoms. The Morgan fingerprint density at radius 2 is 2.31 bits per heavy atom. The summed E-state index contributed by atoms with van der Waals surface area (Å²) in [6.45, 7) is 3.37. The maximum absolute atomic E-state index is 11.4. The summed E-state index contributed by atoms with van der Waals surface area (Å²) in [5, 5.41) is 11.1. The van der Waals surface area contributed by atoms with E-state index in [1.54, 1.807) is 13.8 Å². The molecule has 1 unspecified atom stereocenters. The number of aromatic nitrogens is 1. The van der Waals surface area contributed by atoms with Crippen LogP contribution in [0.2, 0.25) is 0 Å². The number of carboxylic acids is 1. The summed E-state index contributed by atoms with van der Waals surface area (Å²) in [5.41, 5.74) is 0. The zero-order valence-corrected chi connectivity index (χ0v) is 9.19. The van der Waals surface area contributed by atoms with Gasteiger partial charge < -0.3 is 14.8 Å². The van der Waals surface area contributed by atoms with E-state index in [1.165, 1.54) is 6.20 Å². The largest absolute Gasteiger partial charge is 0.481 e. The molecular formula is C10H14N2O4. The summed E-state index contributed by atoms with van der Waals surface area (Å²) >= 11 is 0. The molecule has 2 N–H and O–H groups in total. The van der Waals surface area contributed by atoms with Gasteiger partial charge in [0.1, 0.15) is 12.2 Å². The smallest absolute Gasteiger partial charge is 0.305 e. The average Bonchev–Trinajstić information content (AvgIpc) is 2.48. The summed E-state index contributed by atoms with van der Waals surface area (Å²) in [7, 11) is 0. The lowest BCUT2D eigenvalue weighted by molar-refractivity contribution is -0.137. The summed E-state index contributed by atoms with van der Waals surface area (Å²) < 4.78 is 5.13. The van der Waals surface area contributed by atoms with Gasteiger partial charge in [0.25, 0.3) is 0 Å². The molecule has 0 saturated carbocycles. The predicted molar refractivity (Wildman–Crippen MR) is 54.8 cm³/mol. The average molecular weight is 226 g/mol. The number of hydrogen-bond donors (Lipinski definition) is 2. The molecule has 0 aliphatic rings. The molecule has 16 heavy (non-hydrogen) atoms. The van der Waals surface area contributed by atoms with Crippen LogP contribution < -0.4 is 5.32 Å². The molecule has 1 rings (SSSR count). The van der Waals surface area contributed by atoms with Gasteiger partial charge in [-0.1, -0.05) is 0 Å². The Labute approximate surface area is 92.7 Å². The Balaban J connectivity index is 2.38. The monoisotopic (exact) mass is 226 g/mol. The molecular weight excluding hydrogens is 212 g/mol. The zero-order chi connectivity index (χ0) is 12.1. The van der Waals surface area contributed by atoms with Gasteiger partial charge >= 0.3 is 5.97 Å². The lowest BCUT2D eigenvalue weighted by Gasteiger charge is -2.10. The van der Waals surface area contributed by atoms with Gasteiger partial charge in [-0.2, -0.15) is 0 Å². The molecule has 6 heteroatoms. The van der Waals surface area contributed by atoms with Crippen LogP contribution in [0, 0.1) is 6.92 Å². The van der Waals surface area contributed by atoms with E-state index < -0.39 is 12.0 Å². The number of hydrogen-bond acceptors (Lipinski definition) is 4. The van der Waals surface area contributed by atoms with Crippen molar-refractivity contribution in [2.45, 2.75) is 32.7 Å². The van der Waals surface area contributed by atoms with E-state index in [1.807, 2.05) is 0 Å². The predicted octanol–water partition coefficient (Wildman–Crippen LogP) is 0.505. The number of oxazole rings is 1. The second kappa shape index (κ2) is 5.29. The zero-order valence-electron chi connectivity index (χ0n) is 9.19. The Bertz CT molecular complexity index is 386. The first kappa shape index (κ1) is 12.2. The molecule has 1 atom stereocenters. The van der Waals surface area contributed by atoms with Crippen molar-refractivity contribution in [2.24, 2.45) is 0 Å². The molecule has 0 radical (unpaired) electrons. The van der Waals surface area contributed by atoms with Gasteiger partial charge in [-0.15, -0.1) is 0 Å². The lowest BCUT2D eigenvalue weighted by Crippen LogP contribution is -2.35. The second-order valence-corrected chi connectivity index (χ2v) is 3.61. The maximum Gasteiger partial charge on any atom is 0.305 e. The van der Waals surface area contributed by atoms with Crippen LogP contribution in [0.25, 0.3) is 0 Å². The number of aryl methyl sites for hydroxylation is 1. The third kappa shape index (κ3) is 4.12. The van der Waals surface area contributed by atoms with E-state index in [0.29, 0.717) is 11.7 Å². The first-order chi connectivity index (χ1) is 7.47. The number of nitrogens with zero attached hydrogens (tertiary/aromatic N) is 1. The fourth-order valence-corrected chi connectivity index (χ4v) is 1.26. The minimum atomic E-state index is -0.945. The van der Waals surface area contributed by atoms with Crippen LogP contribution >= 0.6 is 0 Å². The standard InChI is InChI=1S/C10H14N2O4/c1-6(3-10(14)15)12-8(13)4-9-11-5-7(2)16-9/h5-6H,3-4H2,1-2H3,(H,12,13)(H,14,15). The van der Waals surface area contributed by atoms with Crippen molar-refractivity contribution in [1.29, 1.82) is 0 Å². The summed E-state index contributed by atoms with van der Waals surface area (Å²) in [4.78, 5) is 25.7. The summed E-state index contributed by atoms with van der Waals surface area (Å²) in [5.74, 6) is -0.269. The van der Waals surface area contributed by atoms with Crippen molar-refractivity contribution >= 4 is 11.9 Å². The molecule has 1 aromatic rings. The molecule has 0 saturated heterocycles. The van der Waals surface area contributed by atoms with Crippen LogP contribution in [0.3, 0.4) is 0 Å². The number of nitrogens with one attached hydrogen (secondary N) is 1. The fourth-order valence-electron chi connectivity index (χ4n) is 1.26. The summed E-state index contributed by atoms with van der Waals surface area (Å²) in [6.07, 6.45) is 1.46. The molecule has 0 aliphatic heterocycles. The van der Waals surface area contributed by atoms with Crippen molar-refractivity contribution in [1.82, 2.24) is 10.3 Å². The molecule has 6 nitrogen and oxygen atoms in total. The van der Waals surface area contributed by atoms with Crippen molar-refractivity contribution in [3.8, 4) is 0 Å². The van der Waals surface area contributed by atoms with Crippen LogP contribution in [-0.4, -0.2) is 28.0 Å². The molecule has 0 fully saturated rings. The van der Waals surface area contributed by atoms with Crippen molar-refractivity contribution in [3.05, 3.63) is 17.8 Å². The van der Waals surface area contributed by atoms with Gasteiger partial charge in [-0.05, 0) is 13.8 Å². The highest BCUT2D eigenvalue weighted by Crippen LogP contribution is 2.02. The van der Waals surface area contributed by atoms with Crippen molar-refractivity contribution in [2.75, 3.05) is 0 Å². The van der Waals surface area contributed by atoms with Crippen LogP contribution in [0.15, 0.2) is 10.6 Å². The maximum atomic E-state index is 11.4. The van der Waals surface area contributed by atoms with Gasteiger partial charge in [0.05, 0.1) is 12.6 Å². The van der Waals surface area contributed by atoms with Crippen molar-refractivity contribution < 1.29 is 19.1 Å². The number of amides is 1. The van der Waals surface area contributed by atoms with Crippen LogP contribution in [0.1, 0.15) is 25.0 Å². The van der Waals surface area contributed by atoms with E-state index in [9.17, 15) is 9.59 Å². The Morgan fingerprint density at radius 1 is 1.62 bits per heavy atom. The van der Waals surface area contributed by atoms with E-state index in [-0.39, 0.29) is 18.7 Å². The van der Waals surface area contributed by atoms with Gasteiger partial charge in [-0.25, -0.2) is 4.98 Å². The molecule has 0 aromatic carbocycles. The third-order valence-electron chi connectivity index (χ3n) is 1.87. The molecule has 1 amide bonds. The molecule has 88 valence electrons. The highest BCUT2D eigenvalue weighted by atomic mass is 16.4. The van der Waals surface area contributed by atoms with Crippen LogP contribution in [-0.2, 0) is 16.0 Å². The van der Waals surface area contributed by atoms with Crippen molar-refractivity contribution in [3.63, 3.8) is 0 Å². The van der Waals surface area contributed by atoms with Gasteiger partial charge in [0.2, 0.25) is 11.8 Å². The van der Waals surface area contributed by atoms with Gasteiger partial charge in [0, 0.05) is 6.04 Å². The Kier molecular flexibility index (Phi) is 4.04. The fraction of sp³-hybridized carbons (Fsp3) is 0.500. The van der Waals surface area contributed by atoms with Gasteiger partial charge in [-0.3, -0.25) is 9.59 Å². The highest BCUT2D eigenvalue weighted by molar-refractivity contribution is 5.78. The lowest BCUT2D eigenvalue weighted by atomic mass is 10.2. The Morgan fingerprint density at radius 3 is 2.81 bits per heavy atom. The molecule has 0 aliphatic carbocycles. The minimum Gasteiger partial charge on any atom is -0.481 e. The van der Waals surface area contributed by atoms with E-state index in [4.69, 9.17) is 9.52 Å². The second-order valence-electron chi connectivity index (χ2n) is 3.61. The normalized spacial score (nSPS) is 12.1. The molecule has 1 aromatic heterocycles. The minimum absolute atomic E-state index is 0.0256. The molecule has 1 heterocycles. The number of aliphatic carboxylic acids is 1. The topological polar surface area (TPSA) is 92.4 Å². The number of rotatable bonds is 5. The number of carbonyl (C=O) groups excluding carboxylic acids is 1. The first-order valence-corrected chi connectivity index (χ1v) is 4.90. The number of carboxylic acid groups (broad SMARTS) is 1. The first-order valence-electron chi connectivity index (χ1n) is 4.90. The third-order valence-corrected chi connectivity index (χ3v) is 1.87. The van der Waals surface area contributed by atoms with E-state index >= 15 is 0 Å². The SMILES string of the molecule is Cc1cnc(CC(=O)NC(C)CC(=O)O)o1. The van der Waals surface area contributed by atoms with E-state index in [2.05, 4.69) is 10.3 Å². The molecule has 0 spiro atoms. The highest BCUT2D eigenvalue weighted by Gasteiger charge is 2.13. The quantitative estimate of drug-likeness (QED) is 0.762. The van der Waals surface area contributed by atoms with Crippen LogP contribution in [0.5, 0.6) is 0 Å².